The number of nitrogens with zero attached hydrogens (tertiary/aromatic N) is 1. The molecule has 1 amide bonds. The zero-order valence-electron chi connectivity index (χ0n) is 20.7. The SMILES string of the molecule is CCCCC(NC(=O)Cc1ccc2[nH]cc(CCC(=O)O)c2c1)c1ccccc1N1CCCCC1. The van der Waals surface area contributed by atoms with E-state index in [1.54, 1.807) is 0 Å². The maximum absolute atomic E-state index is 13.2. The van der Waals surface area contributed by atoms with E-state index < -0.39 is 5.97 Å². The van der Waals surface area contributed by atoms with Gasteiger partial charge in [-0.1, -0.05) is 44.0 Å². The molecule has 1 aromatic heterocycles. The predicted molar refractivity (Wildman–Crippen MR) is 141 cm³/mol. The van der Waals surface area contributed by atoms with Gasteiger partial charge in [0.2, 0.25) is 5.91 Å². The molecule has 0 aliphatic carbocycles. The minimum atomic E-state index is -0.808. The third-order valence-electron chi connectivity index (χ3n) is 7.00. The normalized spacial score (nSPS) is 14.7. The molecule has 0 saturated carbocycles. The van der Waals surface area contributed by atoms with Gasteiger partial charge in [-0.2, -0.15) is 0 Å². The summed E-state index contributed by atoms with van der Waals surface area (Å²) in [5, 5.41) is 13.4. The van der Waals surface area contributed by atoms with Crippen molar-refractivity contribution < 1.29 is 14.7 Å². The minimum Gasteiger partial charge on any atom is -0.481 e. The number of amides is 1. The van der Waals surface area contributed by atoms with Crippen LogP contribution in [0.3, 0.4) is 0 Å². The number of anilines is 1. The number of benzene rings is 2. The third kappa shape index (κ3) is 6.44. The lowest BCUT2D eigenvalue weighted by Gasteiger charge is -2.33. The van der Waals surface area contributed by atoms with Gasteiger partial charge < -0.3 is 20.3 Å². The summed E-state index contributed by atoms with van der Waals surface area (Å²) >= 11 is 0. The number of aromatic nitrogens is 1. The van der Waals surface area contributed by atoms with Gasteiger partial charge in [-0.05, 0) is 67.0 Å². The summed E-state index contributed by atoms with van der Waals surface area (Å²) in [6, 6.07) is 14.5. The van der Waals surface area contributed by atoms with Crippen molar-refractivity contribution in [2.75, 3.05) is 18.0 Å². The van der Waals surface area contributed by atoms with E-state index >= 15 is 0 Å². The lowest BCUT2D eigenvalue weighted by molar-refractivity contribution is -0.137. The Morgan fingerprint density at radius 2 is 1.91 bits per heavy atom. The average molecular weight is 476 g/mol. The molecule has 6 nitrogen and oxygen atoms in total. The number of H-pyrrole nitrogens is 1. The van der Waals surface area contributed by atoms with Crippen molar-refractivity contribution in [1.29, 1.82) is 0 Å². The standard InChI is InChI=1S/C29H37N3O3/c1-2-3-10-26(23-9-5-6-11-27(23)32-16-7-4-8-17-32)31-28(33)19-21-12-14-25-24(18-21)22(20-30-25)13-15-29(34)35/h5-6,9,11-12,14,18,20,26,30H,2-4,7-8,10,13,15-17,19H2,1H3,(H,31,33)(H,34,35). The van der Waals surface area contributed by atoms with Gasteiger partial charge in [0.1, 0.15) is 0 Å². The number of aryl methyl sites for hydroxylation is 1. The summed E-state index contributed by atoms with van der Waals surface area (Å²) in [7, 11) is 0. The van der Waals surface area contributed by atoms with Crippen LogP contribution in [-0.4, -0.2) is 35.1 Å². The Hall–Kier alpha value is -3.28. The van der Waals surface area contributed by atoms with Gasteiger partial charge in [0.05, 0.1) is 12.5 Å². The third-order valence-corrected chi connectivity index (χ3v) is 7.00. The van der Waals surface area contributed by atoms with Crippen LogP contribution in [0.25, 0.3) is 10.9 Å². The fourth-order valence-corrected chi connectivity index (χ4v) is 5.13. The summed E-state index contributed by atoms with van der Waals surface area (Å²) in [4.78, 5) is 29.9. The number of carbonyl (C=O) groups is 2. The van der Waals surface area contributed by atoms with Crippen LogP contribution < -0.4 is 10.2 Å². The number of aromatic amines is 1. The van der Waals surface area contributed by atoms with Gasteiger partial charge in [-0.3, -0.25) is 9.59 Å². The molecule has 1 atom stereocenters. The first-order chi connectivity index (χ1) is 17.0. The first kappa shape index (κ1) is 24.8. The number of unbranched alkanes of at least 4 members (excludes halogenated alkanes) is 1. The van der Waals surface area contributed by atoms with E-state index in [1.807, 2.05) is 24.4 Å². The fourth-order valence-electron chi connectivity index (χ4n) is 5.13. The van der Waals surface area contributed by atoms with Crippen LogP contribution in [0.4, 0.5) is 5.69 Å². The van der Waals surface area contributed by atoms with E-state index in [2.05, 4.69) is 46.4 Å². The second-order valence-corrected chi connectivity index (χ2v) is 9.63. The number of carboxylic acids is 1. The highest BCUT2D eigenvalue weighted by Crippen LogP contribution is 2.31. The van der Waals surface area contributed by atoms with Crippen molar-refractivity contribution in [3.63, 3.8) is 0 Å². The number of rotatable bonds is 11. The molecule has 0 spiro atoms. The lowest BCUT2D eigenvalue weighted by atomic mass is 9.97. The number of hydrogen-bond donors (Lipinski definition) is 3. The first-order valence-electron chi connectivity index (χ1n) is 13.0. The number of carbonyl (C=O) groups excluding carboxylic acids is 1. The van der Waals surface area contributed by atoms with E-state index in [0.29, 0.717) is 12.8 Å². The highest BCUT2D eigenvalue weighted by Gasteiger charge is 2.21. The Morgan fingerprint density at radius 3 is 2.69 bits per heavy atom. The quantitative estimate of drug-likeness (QED) is 0.329. The summed E-state index contributed by atoms with van der Waals surface area (Å²) in [6.07, 6.45) is 9.52. The monoisotopic (exact) mass is 475 g/mol. The van der Waals surface area contributed by atoms with E-state index in [0.717, 1.165) is 54.4 Å². The van der Waals surface area contributed by atoms with Crippen molar-refractivity contribution in [3.05, 3.63) is 65.4 Å². The molecular weight excluding hydrogens is 438 g/mol. The molecule has 0 radical (unpaired) electrons. The van der Waals surface area contributed by atoms with Gasteiger partial charge in [-0.15, -0.1) is 0 Å². The molecule has 2 heterocycles. The Morgan fingerprint density at radius 1 is 1.11 bits per heavy atom. The van der Waals surface area contributed by atoms with Crippen molar-refractivity contribution >= 4 is 28.5 Å². The maximum atomic E-state index is 13.2. The van der Waals surface area contributed by atoms with Crippen molar-refractivity contribution in [2.45, 2.75) is 70.8 Å². The molecule has 1 unspecified atom stereocenters. The summed E-state index contributed by atoms with van der Waals surface area (Å²) < 4.78 is 0. The zero-order valence-corrected chi connectivity index (χ0v) is 20.7. The van der Waals surface area contributed by atoms with Gasteiger partial charge in [0.15, 0.2) is 0 Å². The van der Waals surface area contributed by atoms with Gasteiger partial charge in [0.25, 0.3) is 0 Å². The van der Waals surface area contributed by atoms with Crippen LogP contribution >= 0.6 is 0 Å². The molecule has 3 N–H and O–H groups in total. The number of aliphatic carboxylic acids is 1. The van der Waals surface area contributed by atoms with E-state index in [9.17, 15) is 9.59 Å². The van der Waals surface area contributed by atoms with Crippen LogP contribution in [-0.2, 0) is 22.4 Å². The molecule has 0 bridgehead atoms. The summed E-state index contributed by atoms with van der Waals surface area (Å²) in [6.45, 7) is 4.34. The van der Waals surface area contributed by atoms with Gasteiger partial charge in [-0.25, -0.2) is 0 Å². The molecule has 4 rings (SSSR count). The van der Waals surface area contributed by atoms with Crippen molar-refractivity contribution in [3.8, 4) is 0 Å². The average Bonchev–Trinajstić information content (AvgIpc) is 3.28. The molecule has 3 aromatic rings. The number of piperidine rings is 1. The summed E-state index contributed by atoms with van der Waals surface area (Å²) in [5.74, 6) is -0.792. The Labute approximate surface area is 207 Å². The largest absolute Gasteiger partial charge is 0.481 e. The van der Waals surface area contributed by atoms with Crippen LogP contribution in [0.2, 0.25) is 0 Å². The first-order valence-corrected chi connectivity index (χ1v) is 13.0. The topological polar surface area (TPSA) is 85.4 Å². The second-order valence-electron chi connectivity index (χ2n) is 9.63. The molecule has 1 aliphatic rings. The van der Waals surface area contributed by atoms with E-state index in [-0.39, 0.29) is 18.4 Å². The molecular formula is C29H37N3O3. The predicted octanol–water partition coefficient (Wildman–Crippen LogP) is 5.77. The second kappa shape index (κ2) is 11.9. The number of para-hydroxylation sites is 1. The minimum absolute atomic E-state index is 0.0114. The lowest BCUT2D eigenvalue weighted by Crippen LogP contribution is -2.34. The van der Waals surface area contributed by atoms with Crippen LogP contribution in [0, 0.1) is 0 Å². The van der Waals surface area contributed by atoms with Crippen LogP contribution in [0.1, 0.15) is 74.6 Å². The van der Waals surface area contributed by atoms with E-state index in [1.165, 1.54) is 30.5 Å². The Kier molecular flexibility index (Phi) is 8.45. The van der Waals surface area contributed by atoms with Gasteiger partial charge >= 0.3 is 5.97 Å². The van der Waals surface area contributed by atoms with E-state index in [4.69, 9.17) is 5.11 Å². The highest BCUT2D eigenvalue weighted by molar-refractivity contribution is 5.86. The van der Waals surface area contributed by atoms with Crippen LogP contribution in [0.15, 0.2) is 48.7 Å². The maximum Gasteiger partial charge on any atom is 0.303 e. The Bertz CT molecular complexity index is 1150. The smallest absolute Gasteiger partial charge is 0.303 e. The Balaban J connectivity index is 1.50. The molecule has 6 heteroatoms. The molecule has 2 aromatic carbocycles. The number of nitrogens with one attached hydrogen (secondary N) is 2. The van der Waals surface area contributed by atoms with Crippen molar-refractivity contribution in [1.82, 2.24) is 10.3 Å². The van der Waals surface area contributed by atoms with Crippen LogP contribution in [0.5, 0.6) is 0 Å². The molecule has 1 aliphatic heterocycles. The molecule has 186 valence electrons. The fraction of sp³-hybridized carbons (Fsp3) is 0.448. The number of hydrogen-bond acceptors (Lipinski definition) is 3. The summed E-state index contributed by atoms with van der Waals surface area (Å²) in [5.41, 5.74) is 5.34. The van der Waals surface area contributed by atoms with Gasteiger partial charge in [0, 0.05) is 42.3 Å². The highest BCUT2D eigenvalue weighted by atomic mass is 16.4. The number of carboxylic acid groups (broad SMARTS) is 1. The molecule has 1 saturated heterocycles. The number of fused-ring (bicyclic) bond motifs is 1. The molecule has 35 heavy (non-hydrogen) atoms. The molecule has 1 fully saturated rings. The van der Waals surface area contributed by atoms with Crippen molar-refractivity contribution in [2.24, 2.45) is 0 Å². The zero-order chi connectivity index (χ0) is 24.6.